The molecule has 1 aromatic heterocycles. The lowest BCUT2D eigenvalue weighted by molar-refractivity contribution is 0.122. The fourth-order valence-electron chi connectivity index (χ4n) is 2.90. The number of hydrogen-bond donors (Lipinski definition) is 3. The third-order valence-corrected chi connectivity index (χ3v) is 4.19. The minimum absolute atomic E-state index is 0.0215. The van der Waals surface area contributed by atoms with E-state index >= 15 is 0 Å². The van der Waals surface area contributed by atoms with Gasteiger partial charge in [0.15, 0.2) is 0 Å². The van der Waals surface area contributed by atoms with Gasteiger partial charge in [-0.05, 0) is 18.8 Å². The predicted molar refractivity (Wildman–Crippen MR) is 82.1 cm³/mol. The molecular formula is C15H26N4O2. The SMILES string of the molecule is CC(C)Cn1cc(NC(=O)NC2CCCC2(C)CO)cn1. The summed E-state index contributed by atoms with van der Waals surface area (Å²) in [6.45, 7) is 7.19. The Labute approximate surface area is 125 Å². The van der Waals surface area contributed by atoms with E-state index in [1.54, 1.807) is 6.20 Å². The fourth-order valence-corrected chi connectivity index (χ4v) is 2.90. The molecule has 1 aromatic rings. The molecule has 1 saturated carbocycles. The molecule has 0 saturated heterocycles. The molecule has 1 aliphatic carbocycles. The zero-order chi connectivity index (χ0) is 15.5. The number of aromatic nitrogens is 2. The van der Waals surface area contributed by atoms with Crippen molar-refractivity contribution in [2.24, 2.45) is 11.3 Å². The molecule has 3 N–H and O–H groups in total. The minimum Gasteiger partial charge on any atom is -0.396 e. The second-order valence-electron chi connectivity index (χ2n) is 6.70. The van der Waals surface area contributed by atoms with Gasteiger partial charge in [-0.3, -0.25) is 4.68 Å². The first-order valence-electron chi connectivity index (χ1n) is 7.64. The van der Waals surface area contributed by atoms with Crippen molar-refractivity contribution >= 4 is 11.7 Å². The Balaban J connectivity index is 1.88. The smallest absolute Gasteiger partial charge is 0.319 e. The van der Waals surface area contributed by atoms with Gasteiger partial charge in [-0.25, -0.2) is 4.79 Å². The van der Waals surface area contributed by atoms with Crippen LogP contribution in [0.1, 0.15) is 40.0 Å². The van der Waals surface area contributed by atoms with Crippen molar-refractivity contribution < 1.29 is 9.90 Å². The van der Waals surface area contributed by atoms with Crippen LogP contribution in [0.2, 0.25) is 0 Å². The van der Waals surface area contributed by atoms with Gasteiger partial charge in [0.1, 0.15) is 0 Å². The maximum Gasteiger partial charge on any atom is 0.319 e. The summed E-state index contributed by atoms with van der Waals surface area (Å²) in [5.74, 6) is 0.510. The van der Waals surface area contributed by atoms with Gasteiger partial charge in [0, 0.05) is 24.2 Å². The number of carbonyl (C=O) groups excluding carboxylic acids is 1. The molecule has 2 atom stereocenters. The third kappa shape index (κ3) is 3.97. The molecule has 0 bridgehead atoms. The summed E-state index contributed by atoms with van der Waals surface area (Å²) in [4.78, 5) is 12.1. The Kier molecular flexibility index (Phi) is 4.88. The van der Waals surface area contributed by atoms with Crippen LogP contribution in [0.4, 0.5) is 10.5 Å². The van der Waals surface area contributed by atoms with E-state index in [1.165, 1.54) is 0 Å². The number of urea groups is 1. The number of nitrogens with zero attached hydrogens (tertiary/aromatic N) is 2. The topological polar surface area (TPSA) is 79.2 Å². The Bertz CT molecular complexity index is 486. The zero-order valence-electron chi connectivity index (χ0n) is 13.1. The molecular weight excluding hydrogens is 268 g/mol. The van der Waals surface area contributed by atoms with Crippen LogP contribution in [0.15, 0.2) is 12.4 Å². The van der Waals surface area contributed by atoms with E-state index in [-0.39, 0.29) is 24.1 Å². The average molecular weight is 294 g/mol. The average Bonchev–Trinajstić information content (AvgIpc) is 2.97. The first kappa shape index (κ1) is 15.8. The maximum atomic E-state index is 12.1. The van der Waals surface area contributed by atoms with Crippen molar-refractivity contribution in [1.82, 2.24) is 15.1 Å². The maximum absolute atomic E-state index is 12.1. The van der Waals surface area contributed by atoms with Crippen LogP contribution in [0.5, 0.6) is 0 Å². The van der Waals surface area contributed by atoms with Crippen LogP contribution in [0, 0.1) is 11.3 Å². The molecule has 1 aliphatic rings. The molecule has 6 heteroatoms. The monoisotopic (exact) mass is 294 g/mol. The second-order valence-corrected chi connectivity index (χ2v) is 6.70. The van der Waals surface area contributed by atoms with Crippen LogP contribution in [-0.2, 0) is 6.54 Å². The standard InChI is InChI=1S/C15H26N4O2/c1-11(2)8-19-9-12(7-16-19)17-14(21)18-13-5-4-6-15(13,3)10-20/h7,9,11,13,20H,4-6,8,10H2,1-3H3,(H2,17,18,21). The van der Waals surface area contributed by atoms with E-state index in [9.17, 15) is 9.90 Å². The normalized spacial score (nSPS) is 25.3. The lowest BCUT2D eigenvalue weighted by Gasteiger charge is -2.29. The first-order chi connectivity index (χ1) is 9.93. The Morgan fingerprint density at radius 1 is 1.62 bits per heavy atom. The quantitative estimate of drug-likeness (QED) is 0.779. The Morgan fingerprint density at radius 2 is 2.38 bits per heavy atom. The summed E-state index contributed by atoms with van der Waals surface area (Å²) < 4.78 is 1.83. The summed E-state index contributed by atoms with van der Waals surface area (Å²) in [5, 5.41) is 19.5. The van der Waals surface area contributed by atoms with Gasteiger partial charge in [-0.2, -0.15) is 5.10 Å². The van der Waals surface area contributed by atoms with E-state index in [1.807, 2.05) is 17.8 Å². The molecule has 0 spiro atoms. The van der Waals surface area contributed by atoms with Crippen molar-refractivity contribution in [2.45, 2.75) is 52.6 Å². The molecule has 118 valence electrons. The van der Waals surface area contributed by atoms with Crippen LogP contribution in [-0.4, -0.2) is 33.6 Å². The highest BCUT2D eigenvalue weighted by Crippen LogP contribution is 2.37. The number of anilines is 1. The van der Waals surface area contributed by atoms with E-state index in [2.05, 4.69) is 29.6 Å². The van der Waals surface area contributed by atoms with Crippen molar-refractivity contribution in [2.75, 3.05) is 11.9 Å². The second kappa shape index (κ2) is 6.47. The molecule has 2 rings (SSSR count). The molecule has 0 radical (unpaired) electrons. The molecule has 2 unspecified atom stereocenters. The fraction of sp³-hybridized carbons (Fsp3) is 0.733. The van der Waals surface area contributed by atoms with Crippen molar-refractivity contribution in [1.29, 1.82) is 0 Å². The third-order valence-electron chi connectivity index (χ3n) is 4.19. The molecule has 0 aromatic carbocycles. The Hall–Kier alpha value is -1.56. The van der Waals surface area contributed by atoms with Crippen LogP contribution < -0.4 is 10.6 Å². The van der Waals surface area contributed by atoms with E-state index in [0.717, 1.165) is 25.8 Å². The molecule has 1 heterocycles. The van der Waals surface area contributed by atoms with Gasteiger partial charge >= 0.3 is 6.03 Å². The highest BCUT2D eigenvalue weighted by molar-refractivity contribution is 5.89. The van der Waals surface area contributed by atoms with Gasteiger partial charge in [-0.15, -0.1) is 0 Å². The van der Waals surface area contributed by atoms with Crippen molar-refractivity contribution in [3.8, 4) is 0 Å². The Morgan fingerprint density at radius 3 is 3.05 bits per heavy atom. The number of amides is 2. The zero-order valence-corrected chi connectivity index (χ0v) is 13.1. The van der Waals surface area contributed by atoms with Crippen LogP contribution in [0.25, 0.3) is 0 Å². The summed E-state index contributed by atoms with van der Waals surface area (Å²) in [6, 6.07) is -0.209. The van der Waals surface area contributed by atoms with Gasteiger partial charge in [0.25, 0.3) is 0 Å². The number of nitrogens with one attached hydrogen (secondary N) is 2. The summed E-state index contributed by atoms with van der Waals surface area (Å²) in [7, 11) is 0. The summed E-state index contributed by atoms with van der Waals surface area (Å²) in [6.07, 6.45) is 6.38. The van der Waals surface area contributed by atoms with E-state index < -0.39 is 0 Å². The first-order valence-corrected chi connectivity index (χ1v) is 7.64. The van der Waals surface area contributed by atoms with Gasteiger partial charge in [-0.1, -0.05) is 27.2 Å². The van der Waals surface area contributed by atoms with Crippen molar-refractivity contribution in [3.05, 3.63) is 12.4 Å². The van der Waals surface area contributed by atoms with Gasteiger partial charge < -0.3 is 15.7 Å². The van der Waals surface area contributed by atoms with Crippen LogP contribution >= 0.6 is 0 Å². The highest BCUT2D eigenvalue weighted by atomic mass is 16.3. The van der Waals surface area contributed by atoms with E-state index in [0.29, 0.717) is 11.6 Å². The molecule has 1 fully saturated rings. The highest BCUT2D eigenvalue weighted by Gasteiger charge is 2.39. The van der Waals surface area contributed by atoms with Crippen molar-refractivity contribution in [3.63, 3.8) is 0 Å². The molecule has 21 heavy (non-hydrogen) atoms. The number of rotatable bonds is 5. The molecule has 2 amide bonds. The lowest BCUT2D eigenvalue weighted by Crippen LogP contribution is -2.46. The lowest BCUT2D eigenvalue weighted by atomic mass is 9.86. The molecule has 0 aliphatic heterocycles. The number of aliphatic hydroxyl groups is 1. The molecule has 6 nitrogen and oxygen atoms in total. The van der Waals surface area contributed by atoms with Crippen LogP contribution in [0.3, 0.4) is 0 Å². The summed E-state index contributed by atoms with van der Waals surface area (Å²) >= 11 is 0. The number of carbonyl (C=O) groups is 1. The van der Waals surface area contributed by atoms with E-state index in [4.69, 9.17) is 0 Å². The number of hydrogen-bond acceptors (Lipinski definition) is 3. The minimum atomic E-state index is -0.231. The number of aliphatic hydroxyl groups excluding tert-OH is 1. The largest absolute Gasteiger partial charge is 0.396 e. The van der Waals surface area contributed by atoms with Gasteiger partial charge in [0.05, 0.1) is 18.5 Å². The summed E-state index contributed by atoms with van der Waals surface area (Å²) in [5.41, 5.74) is 0.482. The predicted octanol–water partition coefficient (Wildman–Crippen LogP) is 2.21. The van der Waals surface area contributed by atoms with Gasteiger partial charge in [0.2, 0.25) is 0 Å².